The van der Waals surface area contributed by atoms with Gasteiger partial charge in [-0.25, -0.2) is 0 Å². The van der Waals surface area contributed by atoms with Crippen molar-refractivity contribution >= 4 is 17.1 Å². The molecule has 2 aromatic rings. The van der Waals surface area contributed by atoms with Gasteiger partial charge in [-0.3, -0.25) is 0 Å². The molecule has 0 aromatic heterocycles. The average Bonchev–Trinajstić information content (AvgIpc) is 2.48. The van der Waals surface area contributed by atoms with Gasteiger partial charge in [0.1, 0.15) is 12.4 Å². The van der Waals surface area contributed by atoms with Crippen LogP contribution in [0.1, 0.15) is 0 Å². The van der Waals surface area contributed by atoms with Crippen LogP contribution in [0.4, 0.5) is 17.1 Å². The molecule has 0 amide bonds. The zero-order chi connectivity index (χ0) is 15.2. The highest BCUT2D eigenvalue weighted by Gasteiger charge is 2.05. The van der Waals surface area contributed by atoms with Gasteiger partial charge >= 0.3 is 0 Å². The first-order valence-corrected chi connectivity index (χ1v) is 7.04. The molecular weight excluding hydrogens is 262 g/mol. The van der Waals surface area contributed by atoms with Gasteiger partial charge in [-0.15, -0.1) is 0 Å². The van der Waals surface area contributed by atoms with Gasteiger partial charge in [-0.05, 0) is 24.3 Å². The third kappa shape index (κ3) is 4.05. The van der Waals surface area contributed by atoms with Gasteiger partial charge in [-0.1, -0.05) is 18.2 Å². The molecule has 0 aliphatic rings. The van der Waals surface area contributed by atoms with E-state index in [-0.39, 0.29) is 0 Å². The lowest BCUT2D eigenvalue weighted by Crippen LogP contribution is -2.24. The van der Waals surface area contributed by atoms with Crippen LogP contribution in [0.15, 0.2) is 48.5 Å². The van der Waals surface area contributed by atoms with Crippen LogP contribution in [0, 0.1) is 0 Å². The molecule has 0 atom stereocenters. The minimum absolute atomic E-state index is 0.613. The molecule has 2 rings (SSSR count). The van der Waals surface area contributed by atoms with E-state index in [4.69, 9.17) is 10.5 Å². The van der Waals surface area contributed by atoms with Crippen molar-refractivity contribution in [1.29, 1.82) is 0 Å². The van der Waals surface area contributed by atoms with Crippen molar-refractivity contribution in [2.24, 2.45) is 0 Å². The predicted octanol–water partition coefficient (Wildman–Crippen LogP) is 2.85. The number of hydrogen-bond donors (Lipinski definition) is 1. The summed E-state index contributed by atoms with van der Waals surface area (Å²) in [5.41, 5.74) is 8.92. The lowest BCUT2D eigenvalue weighted by atomic mass is 10.2. The van der Waals surface area contributed by atoms with Gasteiger partial charge < -0.3 is 20.3 Å². The van der Waals surface area contributed by atoms with Crippen molar-refractivity contribution in [2.75, 3.05) is 49.8 Å². The number of rotatable bonds is 6. The zero-order valence-electron chi connectivity index (χ0n) is 12.9. The maximum Gasteiger partial charge on any atom is 0.121 e. The SMILES string of the molecule is CN(C)c1cccc(OCCN(C)c2ccccc2N)c1. The lowest BCUT2D eigenvalue weighted by Gasteiger charge is -2.21. The molecule has 2 N–H and O–H groups in total. The molecule has 0 spiro atoms. The second-order valence-corrected chi connectivity index (χ2v) is 5.22. The Labute approximate surface area is 126 Å². The molecule has 0 fully saturated rings. The number of nitrogens with zero attached hydrogens (tertiary/aromatic N) is 2. The third-order valence-electron chi connectivity index (χ3n) is 3.38. The molecule has 21 heavy (non-hydrogen) atoms. The van der Waals surface area contributed by atoms with Crippen LogP contribution in [0.2, 0.25) is 0 Å². The van der Waals surface area contributed by atoms with Crippen molar-refractivity contribution in [3.63, 3.8) is 0 Å². The molecule has 4 heteroatoms. The summed E-state index contributed by atoms with van der Waals surface area (Å²) in [5.74, 6) is 0.885. The largest absolute Gasteiger partial charge is 0.492 e. The predicted molar refractivity (Wildman–Crippen MR) is 90.4 cm³/mol. The fourth-order valence-corrected chi connectivity index (χ4v) is 2.11. The lowest BCUT2D eigenvalue weighted by molar-refractivity contribution is 0.326. The summed E-state index contributed by atoms with van der Waals surface area (Å²) in [6.45, 7) is 1.39. The molecule has 0 saturated carbocycles. The first-order chi connectivity index (χ1) is 10.1. The standard InChI is InChI=1S/C17H23N3O/c1-19(2)14-7-6-8-15(13-14)21-12-11-20(3)17-10-5-4-9-16(17)18/h4-10,13H,11-12,18H2,1-3H3. The Morgan fingerprint density at radius 1 is 1.00 bits per heavy atom. The van der Waals surface area contributed by atoms with E-state index in [1.54, 1.807) is 0 Å². The fourth-order valence-electron chi connectivity index (χ4n) is 2.11. The summed E-state index contributed by atoms with van der Waals surface area (Å²) in [6.07, 6.45) is 0. The second-order valence-electron chi connectivity index (χ2n) is 5.22. The number of ether oxygens (including phenoxy) is 1. The summed E-state index contributed by atoms with van der Waals surface area (Å²) in [7, 11) is 6.06. The summed E-state index contributed by atoms with van der Waals surface area (Å²) < 4.78 is 5.82. The summed E-state index contributed by atoms with van der Waals surface area (Å²) in [4.78, 5) is 4.16. The molecule has 112 valence electrons. The van der Waals surface area contributed by atoms with E-state index in [2.05, 4.69) is 15.9 Å². The number of benzene rings is 2. The smallest absolute Gasteiger partial charge is 0.121 e. The highest BCUT2D eigenvalue weighted by molar-refractivity contribution is 5.66. The van der Waals surface area contributed by atoms with Gasteiger partial charge in [0, 0.05) is 32.9 Å². The van der Waals surface area contributed by atoms with Crippen LogP contribution >= 0.6 is 0 Å². The minimum Gasteiger partial charge on any atom is -0.492 e. The number of para-hydroxylation sites is 2. The Kier molecular flexibility index (Phi) is 4.93. The Balaban J connectivity index is 1.90. The fraction of sp³-hybridized carbons (Fsp3) is 0.294. The second kappa shape index (κ2) is 6.88. The Morgan fingerprint density at radius 3 is 2.48 bits per heavy atom. The Morgan fingerprint density at radius 2 is 1.76 bits per heavy atom. The number of anilines is 3. The van der Waals surface area contributed by atoms with Crippen LogP contribution in [-0.4, -0.2) is 34.3 Å². The molecule has 4 nitrogen and oxygen atoms in total. The molecule has 0 aliphatic carbocycles. The highest BCUT2D eigenvalue weighted by atomic mass is 16.5. The first kappa shape index (κ1) is 15.0. The monoisotopic (exact) mass is 285 g/mol. The van der Waals surface area contributed by atoms with Crippen molar-refractivity contribution < 1.29 is 4.74 Å². The van der Waals surface area contributed by atoms with Crippen molar-refractivity contribution in [2.45, 2.75) is 0 Å². The maximum absolute atomic E-state index is 5.97. The van der Waals surface area contributed by atoms with E-state index in [9.17, 15) is 0 Å². The Bertz CT molecular complexity index is 584. The summed E-state index contributed by atoms with van der Waals surface area (Å²) in [5, 5.41) is 0. The first-order valence-electron chi connectivity index (χ1n) is 7.04. The van der Waals surface area contributed by atoms with E-state index in [1.807, 2.05) is 63.6 Å². The highest BCUT2D eigenvalue weighted by Crippen LogP contribution is 2.22. The quantitative estimate of drug-likeness (QED) is 0.829. The molecular formula is C17H23N3O. The summed E-state index contributed by atoms with van der Waals surface area (Å²) in [6, 6.07) is 15.9. The molecule has 0 bridgehead atoms. The number of nitrogen functional groups attached to an aromatic ring is 1. The molecule has 0 saturated heterocycles. The van der Waals surface area contributed by atoms with E-state index in [0.29, 0.717) is 6.61 Å². The van der Waals surface area contributed by atoms with Crippen LogP contribution in [0.3, 0.4) is 0 Å². The molecule has 0 heterocycles. The van der Waals surface area contributed by atoms with Crippen LogP contribution < -0.4 is 20.3 Å². The van der Waals surface area contributed by atoms with E-state index < -0.39 is 0 Å². The van der Waals surface area contributed by atoms with Gasteiger partial charge in [0.25, 0.3) is 0 Å². The number of nitrogens with two attached hydrogens (primary N) is 1. The molecule has 0 aliphatic heterocycles. The Hall–Kier alpha value is -2.36. The molecule has 2 aromatic carbocycles. The van der Waals surface area contributed by atoms with Crippen LogP contribution in [0.25, 0.3) is 0 Å². The van der Waals surface area contributed by atoms with E-state index >= 15 is 0 Å². The minimum atomic E-state index is 0.613. The average molecular weight is 285 g/mol. The number of hydrogen-bond acceptors (Lipinski definition) is 4. The summed E-state index contributed by atoms with van der Waals surface area (Å²) >= 11 is 0. The normalized spacial score (nSPS) is 10.2. The third-order valence-corrected chi connectivity index (χ3v) is 3.38. The van der Waals surface area contributed by atoms with Crippen molar-refractivity contribution in [1.82, 2.24) is 0 Å². The zero-order valence-corrected chi connectivity index (χ0v) is 12.9. The van der Waals surface area contributed by atoms with E-state index in [1.165, 1.54) is 0 Å². The van der Waals surface area contributed by atoms with Crippen LogP contribution in [-0.2, 0) is 0 Å². The van der Waals surface area contributed by atoms with Gasteiger partial charge in [-0.2, -0.15) is 0 Å². The van der Waals surface area contributed by atoms with Gasteiger partial charge in [0.15, 0.2) is 0 Å². The maximum atomic E-state index is 5.97. The van der Waals surface area contributed by atoms with Crippen LogP contribution in [0.5, 0.6) is 5.75 Å². The molecule has 0 unspecified atom stereocenters. The van der Waals surface area contributed by atoms with E-state index in [0.717, 1.165) is 29.4 Å². The number of likely N-dealkylation sites (N-methyl/N-ethyl adjacent to an activating group) is 1. The van der Waals surface area contributed by atoms with Crippen molar-refractivity contribution in [3.05, 3.63) is 48.5 Å². The van der Waals surface area contributed by atoms with Crippen molar-refractivity contribution in [3.8, 4) is 5.75 Å². The molecule has 0 radical (unpaired) electrons. The topological polar surface area (TPSA) is 41.7 Å². The van der Waals surface area contributed by atoms with Gasteiger partial charge in [0.05, 0.1) is 17.9 Å². The van der Waals surface area contributed by atoms with Gasteiger partial charge in [0.2, 0.25) is 0 Å².